The standard InChI is InChI=1S/C19H26N.C17H22N.2C16H20N.C15H18N/c1-13(2)9-17-11-19(20(6)12-16(17)5)18-8-7-14(3)10-15(18)4;1-11-7-13(3)15(5)16(8-11)17-9-12(2)14(4)10-18(17)6;1-11-6-7-16(17(5)10-11)15-9-13(3)12(2)8-14(15)4;1-11-6-7-16(17(5)10-11)15-9-12(2)8-13(3)14(15)4;1-11-9-12(2)13(3)14(10-11)15-7-5-6-8-16(15)4/h7-8,10-13H,9H2,1-6H3;7-10H,1-6H3;2*6-10H,1-5H3;5-10H,1-4H3/q5*+1/i3D3,5D3,9D2;;;;. The zero-order chi connectivity index (χ0) is 72.0. The van der Waals surface area contributed by atoms with Crippen molar-refractivity contribution in [2.45, 2.75) is 152 Å². The van der Waals surface area contributed by atoms with Gasteiger partial charge in [-0.1, -0.05) is 72.5 Å². The van der Waals surface area contributed by atoms with E-state index >= 15 is 0 Å². The van der Waals surface area contributed by atoms with Crippen LogP contribution in [0, 0.1) is 137 Å². The predicted octanol–water partition coefficient (Wildman–Crippen LogP) is 17.9. The quantitative estimate of drug-likeness (QED) is 0.142. The lowest BCUT2D eigenvalue weighted by molar-refractivity contribution is -0.660. The molecule has 0 saturated carbocycles. The highest BCUT2D eigenvalue weighted by Crippen LogP contribution is 2.30. The van der Waals surface area contributed by atoms with E-state index in [0.717, 1.165) is 11.1 Å². The Kier molecular flexibility index (Phi) is 19.7. The summed E-state index contributed by atoms with van der Waals surface area (Å²) in [5.74, 6) is -0.423. The van der Waals surface area contributed by atoms with Crippen LogP contribution in [0.2, 0.25) is 0 Å². The smallest absolute Gasteiger partial charge is 0.201 e. The summed E-state index contributed by atoms with van der Waals surface area (Å²) in [6, 6.07) is 41.9. The summed E-state index contributed by atoms with van der Waals surface area (Å²) in [4.78, 5) is 0. The summed E-state index contributed by atoms with van der Waals surface area (Å²) in [7, 11) is 10.1. The zero-order valence-electron chi connectivity index (χ0n) is 65.7. The van der Waals surface area contributed by atoms with Crippen LogP contribution >= 0.6 is 0 Å². The minimum Gasteiger partial charge on any atom is -0.201 e. The van der Waals surface area contributed by atoms with E-state index in [0.29, 0.717) is 5.69 Å². The average Bonchev–Trinajstić information content (AvgIpc) is 0.763. The third-order valence-corrected chi connectivity index (χ3v) is 17.0. The maximum Gasteiger partial charge on any atom is 0.212 e. The second-order valence-electron chi connectivity index (χ2n) is 25.2. The highest BCUT2D eigenvalue weighted by atomic mass is 14.9. The van der Waals surface area contributed by atoms with Gasteiger partial charge in [-0.15, -0.1) is 0 Å². The van der Waals surface area contributed by atoms with Crippen LogP contribution in [0.5, 0.6) is 0 Å². The van der Waals surface area contributed by atoms with Crippen molar-refractivity contribution in [1.29, 1.82) is 0 Å². The Labute approximate surface area is 544 Å². The topological polar surface area (TPSA) is 19.4 Å². The minimum absolute atomic E-state index is 0.0192. The molecule has 458 valence electrons. The van der Waals surface area contributed by atoms with Crippen molar-refractivity contribution in [1.82, 2.24) is 0 Å². The molecule has 5 heteroatoms. The number of hydrogen-bond acceptors (Lipinski definition) is 0. The molecule has 5 aromatic heterocycles. The third kappa shape index (κ3) is 17.6. The summed E-state index contributed by atoms with van der Waals surface area (Å²) in [6.45, 7) is 35.3. The van der Waals surface area contributed by atoms with Gasteiger partial charge in [-0.2, -0.15) is 0 Å². The number of nitrogens with zero attached hydrogens (tertiary/aromatic N) is 5. The van der Waals surface area contributed by atoms with Crippen LogP contribution in [-0.2, 0) is 41.6 Å². The van der Waals surface area contributed by atoms with Crippen LogP contribution < -0.4 is 22.8 Å². The van der Waals surface area contributed by atoms with Crippen LogP contribution in [0.1, 0.15) is 136 Å². The maximum atomic E-state index is 8.48. The Morgan fingerprint density at radius 3 is 1.18 bits per heavy atom. The second kappa shape index (κ2) is 30.2. The van der Waals surface area contributed by atoms with E-state index in [4.69, 9.17) is 11.0 Å². The summed E-state index contributed by atoms with van der Waals surface area (Å²) in [5.41, 5.74) is 34.4. The molecule has 0 atom stereocenters. The lowest BCUT2D eigenvalue weighted by Crippen LogP contribution is -2.32. The molecule has 0 unspecified atom stereocenters. The van der Waals surface area contributed by atoms with E-state index < -0.39 is 26.0 Å². The fourth-order valence-corrected chi connectivity index (χ4v) is 11.5. The minimum atomic E-state index is -2.45. The molecule has 0 aliphatic rings. The highest BCUT2D eigenvalue weighted by molar-refractivity contribution is 5.67. The monoisotopic (exact) mass is 1180 g/mol. The first-order chi connectivity index (χ1) is 44.5. The number of pyridine rings is 5. The molecule has 0 bridgehead atoms. The molecule has 0 fully saturated rings. The van der Waals surface area contributed by atoms with Crippen molar-refractivity contribution in [3.63, 3.8) is 0 Å². The van der Waals surface area contributed by atoms with Gasteiger partial charge in [0.05, 0.1) is 0 Å². The molecule has 5 heterocycles. The van der Waals surface area contributed by atoms with Crippen LogP contribution in [0.4, 0.5) is 0 Å². The summed E-state index contributed by atoms with van der Waals surface area (Å²) < 4.78 is 73.6. The van der Waals surface area contributed by atoms with Gasteiger partial charge in [0.1, 0.15) is 35.2 Å². The first-order valence-electron chi connectivity index (χ1n) is 34.9. The molecule has 10 rings (SSSR count). The largest absolute Gasteiger partial charge is 0.212 e. The third-order valence-electron chi connectivity index (χ3n) is 17.0. The van der Waals surface area contributed by atoms with Gasteiger partial charge in [-0.3, -0.25) is 0 Å². The van der Waals surface area contributed by atoms with Crippen LogP contribution in [-0.4, -0.2) is 0 Å². The Bertz CT molecular complexity index is 4470. The number of benzene rings is 5. The Morgan fingerprint density at radius 1 is 0.307 bits per heavy atom. The molecule has 0 spiro atoms. The SMILES string of the molecule is Cc1cc(C)c(C)c(-c2cc(C)c(C)c[n+]2C)c1.Cc1cc(C)c(C)c(-c2ccc(C)c[n+]2C)c1.Cc1cc(C)c(C)c(-c2cccc[n+]2C)c1.Cc1ccc(-c2cc(C)c(C)cc2C)[n+](C)c1.[2H]C([2H])([2H])c1ccc(-c2cc(C([2H])([2H])C(C)C)c(C([2H])([2H])[2H])c[n+]2C)c(C)c1. The molecule has 10 aromatic rings. The van der Waals surface area contributed by atoms with E-state index in [-0.39, 0.29) is 16.7 Å². The van der Waals surface area contributed by atoms with Gasteiger partial charge in [-0.05, 0) is 259 Å². The number of rotatable bonds is 7. The van der Waals surface area contributed by atoms with Crippen molar-refractivity contribution in [3.05, 3.63) is 264 Å². The summed E-state index contributed by atoms with van der Waals surface area (Å²) in [5, 5.41) is 0. The lowest BCUT2D eigenvalue weighted by Gasteiger charge is -2.11. The van der Waals surface area contributed by atoms with Gasteiger partial charge in [-0.25, -0.2) is 22.8 Å². The Hall–Kier alpha value is -8.15. The molecule has 0 radical (unpaired) electrons. The molecule has 5 aromatic carbocycles. The number of aryl methyl sites for hydroxylation is 21. The lowest BCUT2D eigenvalue weighted by atomic mass is 9.96. The molecule has 0 N–H and O–H groups in total. The Balaban J connectivity index is 0.000000193. The molecule has 0 amide bonds. The number of hydrogen-bond donors (Lipinski definition) is 0. The van der Waals surface area contributed by atoms with E-state index in [2.05, 4.69) is 279 Å². The van der Waals surface area contributed by atoms with Crippen LogP contribution in [0.25, 0.3) is 56.3 Å². The van der Waals surface area contributed by atoms with Gasteiger partial charge in [0.2, 0.25) is 28.5 Å². The first kappa shape index (κ1) is 57.6. The van der Waals surface area contributed by atoms with Crippen molar-refractivity contribution in [3.8, 4) is 56.3 Å². The fraction of sp³-hybridized carbons (Fsp3) is 0.337. The molecule has 5 nitrogen and oxygen atoms in total. The van der Waals surface area contributed by atoms with Gasteiger partial charge in [0.25, 0.3) is 0 Å². The number of aromatic nitrogens is 5. The summed E-state index contributed by atoms with van der Waals surface area (Å²) in [6.07, 6.45) is 8.26. The van der Waals surface area contributed by atoms with Crippen molar-refractivity contribution >= 4 is 0 Å². The van der Waals surface area contributed by atoms with Gasteiger partial charge in [0.15, 0.2) is 31.0 Å². The normalized spacial score (nSPS) is 12.6. The summed E-state index contributed by atoms with van der Waals surface area (Å²) >= 11 is 0. The van der Waals surface area contributed by atoms with E-state index in [1.807, 2.05) is 0 Å². The van der Waals surface area contributed by atoms with Gasteiger partial charge in [0, 0.05) is 97.4 Å². The molecule has 0 saturated heterocycles. The fourth-order valence-electron chi connectivity index (χ4n) is 11.5. The van der Waals surface area contributed by atoms with E-state index in [1.165, 1.54) is 146 Å². The van der Waals surface area contributed by atoms with Crippen molar-refractivity contribution < 1.29 is 33.8 Å². The predicted molar refractivity (Wildman–Crippen MR) is 374 cm³/mol. The Morgan fingerprint density at radius 2 is 0.716 bits per heavy atom. The highest BCUT2D eigenvalue weighted by Gasteiger charge is 2.20. The maximum absolute atomic E-state index is 8.48. The molecule has 0 aliphatic heterocycles. The van der Waals surface area contributed by atoms with Gasteiger partial charge >= 0.3 is 0 Å². The van der Waals surface area contributed by atoms with E-state index in [1.54, 1.807) is 50.6 Å². The van der Waals surface area contributed by atoms with Crippen molar-refractivity contribution in [2.75, 3.05) is 0 Å². The van der Waals surface area contributed by atoms with Crippen LogP contribution in [0.3, 0.4) is 0 Å². The zero-order valence-corrected chi connectivity index (χ0v) is 57.7. The molecular weight excluding hydrogens is 1070 g/mol. The van der Waals surface area contributed by atoms with E-state index in [9.17, 15) is 0 Å². The first-order valence-corrected chi connectivity index (χ1v) is 30.9. The van der Waals surface area contributed by atoms with Crippen LogP contribution in [0.15, 0.2) is 152 Å². The molecular formula is C83H106N5+5. The van der Waals surface area contributed by atoms with Gasteiger partial charge < -0.3 is 0 Å². The average molecular weight is 1180 g/mol. The second-order valence-corrected chi connectivity index (χ2v) is 25.2. The molecule has 88 heavy (non-hydrogen) atoms. The molecule has 0 aliphatic carbocycles. The van der Waals surface area contributed by atoms with Crippen molar-refractivity contribution in [2.24, 2.45) is 41.2 Å².